The van der Waals surface area contributed by atoms with Crippen molar-refractivity contribution in [3.05, 3.63) is 107 Å². The Hall–Kier alpha value is -2.95. The van der Waals surface area contributed by atoms with Gasteiger partial charge in [0.05, 0.1) is 19.3 Å². The van der Waals surface area contributed by atoms with Crippen LogP contribution in [0.2, 0.25) is 0 Å². The summed E-state index contributed by atoms with van der Waals surface area (Å²) >= 11 is 0. The number of carbonyl (C=O) groups is 1. The molecule has 0 spiro atoms. The van der Waals surface area contributed by atoms with Crippen molar-refractivity contribution >= 4 is 5.91 Å². The minimum atomic E-state index is -3.73. The average Bonchev–Trinajstić information content (AvgIpc) is 3.02. The molecule has 3 aromatic carbocycles. The molecular weight excluding hydrogens is 420 g/mol. The van der Waals surface area contributed by atoms with Gasteiger partial charge in [0.25, 0.3) is 0 Å². The van der Waals surface area contributed by atoms with E-state index in [4.69, 9.17) is 21.9 Å². The molecule has 1 amide bonds. The molecule has 0 aliphatic carbocycles. The van der Waals surface area contributed by atoms with Crippen LogP contribution in [0.3, 0.4) is 0 Å². The van der Waals surface area contributed by atoms with Crippen LogP contribution in [-0.4, -0.2) is 54.4 Å². The molecule has 0 saturated carbocycles. The topological polar surface area (TPSA) is 43.8 Å². The largest absolute Gasteiger partial charge is 0.385 e. The maximum absolute atomic E-state index is 14.9. The van der Waals surface area contributed by atoms with Gasteiger partial charge in [0, 0.05) is 35.3 Å². The third-order valence-electron chi connectivity index (χ3n) is 6.50. The Labute approximate surface area is 226 Å². The van der Waals surface area contributed by atoms with Gasteiger partial charge in [-0.15, -0.1) is 0 Å². The number of rotatable bonds is 7. The van der Waals surface area contributed by atoms with Gasteiger partial charge in [0.2, 0.25) is 5.91 Å². The van der Waals surface area contributed by atoms with Crippen LogP contribution in [0.5, 0.6) is 0 Å². The van der Waals surface area contributed by atoms with Crippen molar-refractivity contribution in [3.8, 4) is 0 Å². The molecule has 1 fully saturated rings. The van der Waals surface area contributed by atoms with Crippen LogP contribution < -0.4 is 0 Å². The molecule has 0 bridgehead atoms. The Bertz CT molecular complexity index is 1660. The normalized spacial score (nSPS) is 23.7. The highest BCUT2D eigenvalue weighted by Gasteiger charge is 2.43. The molecule has 3 aromatic rings. The molecule has 178 valence electrons. The summed E-state index contributed by atoms with van der Waals surface area (Å²) in [7, 11) is 0. The molecule has 0 aromatic heterocycles. The first-order valence-electron chi connectivity index (χ1n) is 18.9. The lowest BCUT2D eigenvalue weighted by atomic mass is 9.70. The van der Waals surface area contributed by atoms with Crippen LogP contribution in [0.1, 0.15) is 63.4 Å². The number of nitrogens with zero attached hydrogens (tertiary/aromatic N) is 2. The van der Waals surface area contributed by atoms with Crippen molar-refractivity contribution in [3.63, 3.8) is 0 Å². The van der Waals surface area contributed by atoms with Crippen molar-refractivity contribution in [1.82, 2.24) is 9.80 Å². The Morgan fingerprint density at radius 3 is 2.03 bits per heavy atom. The molecule has 4 nitrogen and oxygen atoms in total. The third-order valence-corrected chi connectivity index (χ3v) is 6.50. The summed E-state index contributed by atoms with van der Waals surface area (Å²) in [5.41, 5.74) is -4.53. The van der Waals surface area contributed by atoms with E-state index >= 15 is 0 Å². The lowest BCUT2D eigenvalue weighted by Crippen LogP contribution is -2.48. The van der Waals surface area contributed by atoms with Crippen LogP contribution in [0.25, 0.3) is 0 Å². The number of hydrogen-bond acceptors (Lipinski definition) is 3. The highest BCUT2D eigenvalue weighted by molar-refractivity contribution is 5.91. The van der Waals surface area contributed by atoms with E-state index in [1.807, 2.05) is 19.1 Å². The third kappa shape index (κ3) is 4.79. The number of piperidine rings is 1. The monoisotopic (exact) mass is 472 g/mol. The molecule has 0 atom stereocenters. The van der Waals surface area contributed by atoms with Crippen LogP contribution in [-0.2, 0) is 15.8 Å². The standard InChI is InChI=1S/C30H36N2O2/c1-24-14-16-25(17-15-24)29(34)18-21-32(22-19-29)23-20-30(28(33)31(2)3,26-10-6-4-7-11-26)27-12-8-5-9-13-27/h4-17,34H,18-23H2,1-3H3/i2D3,3D3,4D,5D,6D,7D,8D,9D,10D,11D,12D,13D. The first kappa shape index (κ1) is 11.2. The van der Waals surface area contributed by atoms with Crippen molar-refractivity contribution in [2.24, 2.45) is 0 Å². The van der Waals surface area contributed by atoms with Crippen LogP contribution in [0.15, 0.2) is 84.7 Å². The summed E-state index contributed by atoms with van der Waals surface area (Å²) in [6.07, 6.45) is -0.423. The Morgan fingerprint density at radius 1 is 1.00 bits per heavy atom. The van der Waals surface area contributed by atoms with Crippen LogP contribution in [0, 0.1) is 6.92 Å². The van der Waals surface area contributed by atoms with Gasteiger partial charge in [0.1, 0.15) is 5.41 Å². The van der Waals surface area contributed by atoms with Gasteiger partial charge in [0.15, 0.2) is 0 Å². The van der Waals surface area contributed by atoms with E-state index in [9.17, 15) is 9.90 Å². The lowest BCUT2D eigenvalue weighted by molar-refractivity contribution is -0.133. The minimum absolute atomic E-state index is 0.165. The lowest BCUT2D eigenvalue weighted by Gasteiger charge is -2.41. The fraction of sp³-hybridized carbons (Fsp3) is 0.367. The summed E-state index contributed by atoms with van der Waals surface area (Å²) in [5.74, 6) is -1.87. The van der Waals surface area contributed by atoms with Crippen molar-refractivity contribution in [2.45, 2.75) is 37.2 Å². The number of amides is 1. The maximum atomic E-state index is 14.9. The molecule has 0 radical (unpaired) electrons. The van der Waals surface area contributed by atoms with Gasteiger partial charge in [-0.1, -0.05) is 90.3 Å². The predicted octanol–water partition coefficient (Wildman–Crippen LogP) is 4.74. The Balaban J connectivity index is 2.04. The molecule has 4 heteroatoms. The molecule has 1 N–H and O–H groups in total. The minimum Gasteiger partial charge on any atom is -0.385 e. The molecule has 34 heavy (non-hydrogen) atoms. The zero-order valence-electron chi connectivity index (χ0n) is 34.8. The summed E-state index contributed by atoms with van der Waals surface area (Å²) in [4.78, 5) is 16.2. The number of benzene rings is 3. The van der Waals surface area contributed by atoms with Gasteiger partial charge < -0.3 is 14.9 Å². The van der Waals surface area contributed by atoms with E-state index < -0.39 is 114 Å². The highest BCUT2D eigenvalue weighted by atomic mass is 16.3. The van der Waals surface area contributed by atoms with E-state index in [1.165, 1.54) is 0 Å². The smallest absolute Gasteiger partial charge is 0.237 e. The summed E-state index contributed by atoms with van der Waals surface area (Å²) in [5, 5.41) is 11.5. The van der Waals surface area contributed by atoms with E-state index in [0.717, 1.165) is 5.56 Å². The number of aliphatic hydroxyl groups is 1. The fourth-order valence-electron chi connectivity index (χ4n) is 4.44. The first-order chi connectivity index (χ1) is 22.9. The maximum Gasteiger partial charge on any atom is 0.237 e. The first-order valence-corrected chi connectivity index (χ1v) is 10.9. The summed E-state index contributed by atoms with van der Waals surface area (Å²) < 4.78 is 133. The number of hydrogen-bond donors (Lipinski definition) is 1. The van der Waals surface area contributed by atoms with E-state index in [-0.39, 0.29) is 32.5 Å². The van der Waals surface area contributed by atoms with Crippen molar-refractivity contribution in [1.29, 1.82) is 0 Å². The van der Waals surface area contributed by atoms with Gasteiger partial charge in [-0.25, -0.2) is 0 Å². The molecule has 0 unspecified atom stereocenters. The van der Waals surface area contributed by atoms with Gasteiger partial charge in [-0.3, -0.25) is 4.79 Å². The molecule has 4 rings (SSSR count). The van der Waals surface area contributed by atoms with Crippen molar-refractivity contribution in [2.75, 3.05) is 33.6 Å². The molecule has 1 heterocycles. The van der Waals surface area contributed by atoms with E-state index in [0.29, 0.717) is 5.56 Å². The summed E-state index contributed by atoms with van der Waals surface area (Å²) in [6.45, 7) is -5.52. The molecule has 1 saturated heterocycles. The summed E-state index contributed by atoms with van der Waals surface area (Å²) in [6, 6.07) is -2.68. The Morgan fingerprint density at radius 2 is 1.53 bits per heavy atom. The quantitative estimate of drug-likeness (QED) is 0.540. The second-order valence-electron chi connectivity index (χ2n) is 8.54. The number of likely N-dealkylation sites (tertiary alicyclic amines) is 1. The van der Waals surface area contributed by atoms with Gasteiger partial charge in [-0.05, 0) is 49.4 Å². The molecule has 1 aliphatic heterocycles. The van der Waals surface area contributed by atoms with Gasteiger partial charge in [-0.2, -0.15) is 0 Å². The van der Waals surface area contributed by atoms with E-state index in [1.54, 1.807) is 17.0 Å². The molecular formula is C30H36N2O2. The molecule has 1 aliphatic rings. The highest BCUT2D eigenvalue weighted by Crippen LogP contribution is 2.39. The number of likely N-dealkylation sites (N-methyl/N-ethyl adjacent to an activating group) is 1. The second-order valence-corrected chi connectivity index (χ2v) is 8.54. The Kier molecular flexibility index (Phi) is 3.33. The van der Waals surface area contributed by atoms with Crippen LogP contribution in [0.4, 0.5) is 0 Å². The SMILES string of the molecule is [2H]c1c([2H])c([2H])c(C(CCN2CCC(O)(c3ccc(C)cc3)CC2)(C(=O)N(C([2H])([2H])[2H])C([2H])([2H])[2H])c2c([2H])c([2H])c([2H])c([2H])c2[2H])c([2H])c1[2H]. The van der Waals surface area contributed by atoms with Crippen molar-refractivity contribution < 1.29 is 31.8 Å². The fourth-order valence-corrected chi connectivity index (χ4v) is 4.44. The number of aryl methyl sites for hydroxylation is 1. The zero-order valence-corrected chi connectivity index (χ0v) is 18.8. The van der Waals surface area contributed by atoms with E-state index in [2.05, 4.69) is 0 Å². The van der Waals surface area contributed by atoms with Crippen LogP contribution >= 0.6 is 0 Å². The number of carbonyl (C=O) groups excluding carboxylic acids is 1. The van der Waals surface area contributed by atoms with Gasteiger partial charge >= 0.3 is 0 Å². The average molecular weight is 473 g/mol. The zero-order chi connectivity index (χ0) is 37.9. The second kappa shape index (κ2) is 10.1. The predicted molar refractivity (Wildman–Crippen MR) is 138 cm³/mol.